The van der Waals surface area contributed by atoms with Crippen LogP contribution >= 0.6 is 11.6 Å². The molecule has 0 saturated carbocycles. The summed E-state index contributed by atoms with van der Waals surface area (Å²) in [6, 6.07) is 25.1. The van der Waals surface area contributed by atoms with E-state index in [1.165, 1.54) is 16.7 Å². The van der Waals surface area contributed by atoms with Crippen molar-refractivity contribution >= 4 is 23.2 Å². The fourth-order valence-corrected chi connectivity index (χ4v) is 8.52. The highest BCUT2D eigenvalue weighted by atomic mass is 35.5. The quantitative estimate of drug-likeness (QED) is 0.182. The molecular weight excluding hydrogens is 730 g/mol. The van der Waals surface area contributed by atoms with Crippen LogP contribution in [-0.4, -0.2) is 71.3 Å². The molecule has 290 valence electrons. The molecule has 0 aliphatic carbocycles. The van der Waals surface area contributed by atoms with Crippen molar-refractivity contribution in [3.05, 3.63) is 123 Å². The maximum Gasteiger partial charge on any atom is 0.257 e. The van der Waals surface area contributed by atoms with Crippen LogP contribution < -0.4 is 33.7 Å². The van der Waals surface area contributed by atoms with Gasteiger partial charge in [-0.2, -0.15) is 0 Å². The Kier molecular flexibility index (Phi) is 10.5. The van der Waals surface area contributed by atoms with E-state index in [-0.39, 0.29) is 18.0 Å². The van der Waals surface area contributed by atoms with Gasteiger partial charge in [-0.15, -0.1) is 0 Å². The number of ether oxygens (including phenoxy) is 6. The topological polar surface area (TPSA) is 91.0 Å². The molecule has 4 heterocycles. The van der Waals surface area contributed by atoms with Gasteiger partial charge in [0, 0.05) is 42.5 Å². The molecule has 5 aromatic rings. The first kappa shape index (κ1) is 37.5. The molecule has 1 amide bonds. The van der Waals surface area contributed by atoms with Crippen LogP contribution in [0, 0.1) is 0 Å². The Balaban J connectivity index is 1.35. The first-order chi connectivity index (χ1) is 27.2. The molecule has 0 aromatic heterocycles. The summed E-state index contributed by atoms with van der Waals surface area (Å²) in [5.74, 6) is 4.18. The Labute approximate surface area is 332 Å². The number of rotatable bonds is 6. The fourth-order valence-electron chi connectivity index (χ4n) is 8.29. The van der Waals surface area contributed by atoms with Gasteiger partial charge in [0.05, 0.1) is 39.0 Å². The van der Waals surface area contributed by atoms with Crippen LogP contribution in [0.1, 0.15) is 55.8 Å². The predicted molar refractivity (Wildman–Crippen MR) is 217 cm³/mol. The van der Waals surface area contributed by atoms with Crippen LogP contribution in [-0.2, 0) is 25.7 Å². The third-order valence-electron chi connectivity index (χ3n) is 11.4. The first-order valence-corrected chi connectivity index (χ1v) is 19.2. The van der Waals surface area contributed by atoms with Gasteiger partial charge in [-0.3, -0.25) is 14.6 Å². The molecule has 1 N–H and O–H groups in total. The van der Waals surface area contributed by atoms with E-state index in [4.69, 9.17) is 40.0 Å². The van der Waals surface area contributed by atoms with Gasteiger partial charge in [0.2, 0.25) is 5.75 Å². The van der Waals surface area contributed by atoms with Crippen molar-refractivity contribution in [2.45, 2.75) is 37.8 Å². The average Bonchev–Trinajstić information content (AvgIpc) is 3.20. The molecule has 0 unspecified atom stereocenters. The summed E-state index contributed by atoms with van der Waals surface area (Å²) >= 11 is 6.49. The number of carbonyl (C=O) groups is 1. The summed E-state index contributed by atoms with van der Waals surface area (Å²) < 4.78 is 37.6. The Morgan fingerprint density at radius 3 is 2.09 bits per heavy atom. The van der Waals surface area contributed by atoms with E-state index in [0.717, 1.165) is 49.0 Å². The minimum atomic E-state index is -0.339. The number of halogens is 1. The summed E-state index contributed by atoms with van der Waals surface area (Å²) in [4.78, 5) is 18.5. The number of benzene rings is 5. The molecule has 5 aromatic carbocycles. The van der Waals surface area contributed by atoms with Crippen LogP contribution in [0.15, 0.2) is 78.9 Å². The molecule has 56 heavy (non-hydrogen) atoms. The molecule has 0 fully saturated rings. The molecular formula is C45H46ClN3O7. The second-order valence-corrected chi connectivity index (χ2v) is 15.0. The summed E-state index contributed by atoms with van der Waals surface area (Å²) in [5, 5.41) is 3.50. The Morgan fingerprint density at radius 2 is 1.38 bits per heavy atom. The van der Waals surface area contributed by atoms with Crippen LogP contribution in [0.2, 0.25) is 5.02 Å². The van der Waals surface area contributed by atoms with Gasteiger partial charge < -0.3 is 33.7 Å². The van der Waals surface area contributed by atoms with Crippen molar-refractivity contribution in [2.75, 3.05) is 60.9 Å². The highest BCUT2D eigenvalue weighted by Gasteiger charge is 2.35. The van der Waals surface area contributed by atoms with E-state index in [1.54, 1.807) is 52.7 Å². The van der Waals surface area contributed by atoms with Crippen LogP contribution in [0.5, 0.6) is 46.0 Å². The highest BCUT2D eigenvalue weighted by Crippen LogP contribution is 2.52. The zero-order valence-electron chi connectivity index (χ0n) is 32.5. The Morgan fingerprint density at radius 1 is 0.714 bits per heavy atom. The predicted octanol–water partition coefficient (Wildman–Crippen LogP) is 9.07. The second-order valence-electron chi connectivity index (χ2n) is 14.6. The van der Waals surface area contributed by atoms with Crippen molar-refractivity contribution in [3.8, 4) is 46.0 Å². The van der Waals surface area contributed by atoms with E-state index < -0.39 is 0 Å². The number of hydrogen-bond acceptors (Lipinski definition) is 9. The van der Waals surface area contributed by atoms with Gasteiger partial charge in [0.15, 0.2) is 34.5 Å². The average molecular weight is 776 g/mol. The monoisotopic (exact) mass is 775 g/mol. The highest BCUT2D eigenvalue weighted by molar-refractivity contribution is 6.34. The smallest absolute Gasteiger partial charge is 0.257 e. The minimum Gasteiger partial charge on any atom is -0.493 e. The molecule has 0 spiro atoms. The lowest BCUT2D eigenvalue weighted by molar-refractivity contribution is 0.102. The Hall–Kier alpha value is -5.42. The van der Waals surface area contributed by atoms with Gasteiger partial charge in [-0.1, -0.05) is 35.9 Å². The van der Waals surface area contributed by atoms with E-state index in [9.17, 15) is 4.79 Å². The van der Waals surface area contributed by atoms with Crippen LogP contribution in [0.4, 0.5) is 5.69 Å². The second kappa shape index (κ2) is 15.6. The van der Waals surface area contributed by atoms with Gasteiger partial charge >= 0.3 is 0 Å². The van der Waals surface area contributed by atoms with Crippen molar-refractivity contribution in [1.29, 1.82) is 0 Å². The number of nitrogens with one attached hydrogen (secondary N) is 1. The van der Waals surface area contributed by atoms with E-state index in [0.29, 0.717) is 68.7 Å². The number of likely N-dealkylation sites (N-methyl/N-ethyl adjacent to an activating group) is 2. The lowest BCUT2D eigenvalue weighted by Gasteiger charge is -2.37. The maximum absolute atomic E-state index is 13.8. The number of methoxy groups -OCH3 is 4. The third-order valence-corrected chi connectivity index (χ3v) is 11.7. The van der Waals surface area contributed by atoms with Gasteiger partial charge in [0.1, 0.15) is 5.75 Å². The lowest BCUT2D eigenvalue weighted by Crippen LogP contribution is -2.34. The van der Waals surface area contributed by atoms with Gasteiger partial charge in [-0.05, 0) is 116 Å². The summed E-state index contributed by atoms with van der Waals surface area (Å²) in [6.07, 6.45) is 2.90. The molecule has 0 radical (unpaired) electrons. The molecule has 2 atom stereocenters. The fraction of sp³-hybridized carbons (Fsp3) is 0.311. The number of nitrogens with zero attached hydrogens (tertiary/aromatic N) is 2. The number of carbonyl (C=O) groups excluding carboxylic acids is 1. The van der Waals surface area contributed by atoms with Crippen LogP contribution in [0.25, 0.3) is 0 Å². The maximum atomic E-state index is 13.8. The molecule has 0 saturated heterocycles. The SMILES string of the molecule is COc1cc(NC(=O)c2ccccc2Cl)c2cc1Oc1ccc(cc1)C[C@H]1c3cc(c(OC)cc3CCN1C)Oc1c(OC)c(OC)cc3c1[C@H](C2)N(C)CC3. The molecule has 9 rings (SSSR count). The van der Waals surface area contributed by atoms with E-state index in [2.05, 4.69) is 53.5 Å². The summed E-state index contributed by atoms with van der Waals surface area (Å²) in [7, 11) is 10.8. The molecule has 4 aliphatic rings. The summed E-state index contributed by atoms with van der Waals surface area (Å²) in [6.45, 7) is 1.69. The number of hydrogen-bond donors (Lipinski definition) is 1. The number of fused-ring (bicyclic) bond motifs is 2. The Bertz CT molecular complexity index is 2300. The van der Waals surface area contributed by atoms with E-state index in [1.807, 2.05) is 30.3 Å². The largest absolute Gasteiger partial charge is 0.493 e. The zero-order valence-corrected chi connectivity index (χ0v) is 33.3. The van der Waals surface area contributed by atoms with Crippen LogP contribution in [0.3, 0.4) is 0 Å². The number of anilines is 1. The zero-order chi connectivity index (χ0) is 39.1. The first-order valence-electron chi connectivity index (χ1n) is 18.8. The van der Waals surface area contributed by atoms with Crippen molar-refractivity contribution < 1.29 is 33.2 Å². The molecule has 6 bridgehead atoms. The third kappa shape index (κ3) is 6.97. The normalized spacial score (nSPS) is 17.7. The van der Waals surface area contributed by atoms with Gasteiger partial charge in [0.25, 0.3) is 5.91 Å². The standard InChI is InChI=1S/C45H46ClN3O7/c1-48-17-15-27-21-37(51-3)40-24-32(27)35(48)19-26-11-13-30(14-12-26)55-39-23-29(34(25-38(39)52-4)47-45(50)31-9-7-8-10-33(31)46)20-36-42-28(16-18-49(36)2)22-41(53-5)43(54-6)44(42)56-40/h7-14,21-25,35-36H,15-20H2,1-6H3,(H,47,50)/t35-,36-/m0/s1. The lowest BCUT2D eigenvalue weighted by atomic mass is 9.86. The van der Waals surface area contributed by atoms with Gasteiger partial charge in [-0.25, -0.2) is 0 Å². The minimum absolute atomic E-state index is 0.105. The molecule has 10 nitrogen and oxygen atoms in total. The van der Waals surface area contributed by atoms with E-state index >= 15 is 0 Å². The molecule has 4 aliphatic heterocycles. The summed E-state index contributed by atoms with van der Waals surface area (Å²) in [5.41, 5.74) is 7.39. The van der Waals surface area contributed by atoms with Crippen molar-refractivity contribution in [2.24, 2.45) is 0 Å². The number of amides is 1. The molecule has 11 heteroatoms. The van der Waals surface area contributed by atoms with Crippen molar-refractivity contribution in [1.82, 2.24) is 9.80 Å². The van der Waals surface area contributed by atoms with Crippen molar-refractivity contribution in [3.63, 3.8) is 0 Å².